The van der Waals surface area contributed by atoms with E-state index in [1.165, 1.54) is 13.1 Å². The number of sulfone groups is 1. The summed E-state index contributed by atoms with van der Waals surface area (Å²) in [6.45, 7) is 0.210. The van der Waals surface area contributed by atoms with Crippen molar-refractivity contribution in [3.8, 4) is 0 Å². The largest absolute Gasteiger partial charge is 0.501 e. The molecule has 0 saturated heterocycles. The van der Waals surface area contributed by atoms with Crippen molar-refractivity contribution in [3.63, 3.8) is 0 Å². The number of anilines is 1. The molecule has 0 aliphatic rings. The Balaban J connectivity index is 1.59. The van der Waals surface area contributed by atoms with E-state index in [1.807, 2.05) is 18.2 Å². The van der Waals surface area contributed by atoms with Gasteiger partial charge in [0, 0.05) is 30.9 Å². The summed E-state index contributed by atoms with van der Waals surface area (Å²) in [5, 5.41) is 9.01. The van der Waals surface area contributed by atoms with Crippen molar-refractivity contribution in [2.45, 2.75) is 16.8 Å². The fourth-order valence-corrected chi connectivity index (χ4v) is 3.78. The van der Waals surface area contributed by atoms with E-state index in [2.05, 4.69) is 20.9 Å². The summed E-state index contributed by atoms with van der Waals surface area (Å²) < 4.78 is 61.1. The molecule has 0 radical (unpaired) electrons. The lowest BCUT2D eigenvalue weighted by molar-refractivity contribution is -0.0436. The van der Waals surface area contributed by atoms with E-state index in [0.29, 0.717) is 12.1 Å². The number of halogens is 3. The molecule has 3 aromatic rings. The van der Waals surface area contributed by atoms with Crippen LogP contribution in [0.2, 0.25) is 0 Å². The normalized spacial score (nSPS) is 11.8. The van der Waals surface area contributed by atoms with Crippen molar-refractivity contribution in [2.75, 3.05) is 18.9 Å². The fourth-order valence-electron chi connectivity index (χ4n) is 2.97. The molecule has 0 atom stereocenters. The number of nitrogens with one attached hydrogen (secondary N) is 3. The van der Waals surface area contributed by atoms with Crippen LogP contribution < -0.4 is 16.0 Å². The predicted octanol–water partition coefficient (Wildman–Crippen LogP) is 3.25. The lowest BCUT2D eigenvalue weighted by Crippen LogP contribution is -2.30. The number of aromatic nitrogens is 1. The average molecular weight is 480 g/mol. The zero-order chi connectivity index (χ0) is 24.2. The third-order valence-corrected chi connectivity index (χ3v) is 6.14. The van der Waals surface area contributed by atoms with E-state index in [1.54, 1.807) is 12.3 Å². The van der Waals surface area contributed by atoms with Crippen LogP contribution in [0.1, 0.15) is 16.1 Å². The van der Waals surface area contributed by atoms with Gasteiger partial charge in [0.15, 0.2) is 0 Å². The summed E-state index contributed by atoms with van der Waals surface area (Å²) in [5.41, 5.74) is -4.35. The highest BCUT2D eigenvalue weighted by Gasteiger charge is 2.46. The van der Waals surface area contributed by atoms with Crippen LogP contribution >= 0.6 is 0 Å². The molecule has 0 spiro atoms. The Labute approximate surface area is 187 Å². The Bertz CT molecular complexity index is 1310. The van der Waals surface area contributed by atoms with Crippen molar-refractivity contribution >= 4 is 38.2 Å². The Morgan fingerprint density at radius 2 is 1.79 bits per heavy atom. The number of urea groups is 1. The molecule has 1 heterocycles. The number of hydrogen-bond acceptors (Lipinski definition) is 5. The molecule has 33 heavy (non-hydrogen) atoms. The maximum absolute atomic E-state index is 12.7. The fraction of sp³-hybridized carbons (Fsp3) is 0.190. The molecule has 12 heteroatoms. The molecular formula is C21H19F3N4O4S. The third-order valence-electron chi connectivity index (χ3n) is 4.65. The number of carbonyl (C=O) groups excluding carboxylic acids is 2. The summed E-state index contributed by atoms with van der Waals surface area (Å²) >= 11 is 0. The highest BCUT2D eigenvalue weighted by molar-refractivity contribution is 7.92. The number of benzene rings is 2. The zero-order valence-corrected chi connectivity index (χ0v) is 18.0. The summed E-state index contributed by atoms with van der Waals surface area (Å²) in [6.07, 6.45) is 2.02. The molecular weight excluding hydrogens is 461 g/mol. The Morgan fingerprint density at radius 3 is 2.48 bits per heavy atom. The van der Waals surface area contributed by atoms with E-state index in [0.717, 1.165) is 34.5 Å². The number of hydrogen-bond donors (Lipinski definition) is 3. The van der Waals surface area contributed by atoms with Gasteiger partial charge in [-0.1, -0.05) is 18.2 Å². The number of pyridine rings is 1. The molecule has 3 N–H and O–H groups in total. The zero-order valence-electron chi connectivity index (χ0n) is 17.2. The van der Waals surface area contributed by atoms with Crippen LogP contribution in [0.25, 0.3) is 10.8 Å². The Kier molecular flexibility index (Phi) is 6.86. The Morgan fingerprint density at radius 1 is 1.03 bits per heavy atom. The van der Waals surface area contributed by atoms with Gasteiger partial charge in [-0.25, -0.2) is 13.2 Å². The van der Waals surface area contributed by atoms with Crippen LogP contribution in [0.3, 0.4) is 0 Å². The van der Waals surface area contributed by atoms with Crippen LogP contribution in [0.15, 0.2) is 59.6 Å². The minimum absolute atomic E-state index is 0.0958. The SMILES string of the molecule is CNC(=O)c1cc2ccc(CCNC(=O)Nc3cccc(S(=O)(=O)C(F)(F)F)c3)cc2cn1. The van der Waals surface area contributed by atoms with Gasteiger partial charge in [0.2, 0.25) is 0 Å². The second kappa shape index (κ2) is 9.45. The van der Waals surface area contributed by atoms with Gasteiger partial charge < -0.3 is 16.0 Å². The maximum atomic E-state index is 12.7. The topological polar surface area (TPSA) is 117 Å². The lowest BCUT2D eigenvalue weighted by Gasteiger charge is -2.11. The average Bonchev–Trinajstić information content (AvgIpc) is 2.77. The van der Waals surface area contributed by atoms with Gasteiger partial charge >= 0.3 is 11.5 Å². The minimum Gasteiger partial charge on any atom is -0.354 e. The smallest absolute Gasteiger partial charge is 0.354 e. The van der Waals surface area contributed by atoms with Crippen molar-refractivity contribution in [1.82, 2.24) is 15.6 Å². The summed E-state index contributed by atoms with van der Waals surface area (Å²) in [4.78, 5) is 26.9. The van der Waals surface area contributed by atoms with Crippen LogP contribution in [-0.4, -0.2) is 44.4 Å². The van der Waals surface area contributed by atoms with Gasteiger partial charge in [-0.3, -0.25) is 9.78 Å². The molecule has 2 aromatic carbocycles. The second-order valence-electron chi connectivity index (χ2n) is 6.94. The first kappa shape index (κ1) is 24.0. The molecule has 0 saturated carbocycles. The van der Waals surface area contributed by atoms with Gasteiger partial charge in [0.25, 0.3) is 15.7 Å². The third kappa shape index (κ3) is 5.58. The first-order valence-corrected chi connectivity index (χ1v) is 11.1. The van der Waals surface area contributed by atoms with E-state index in [4.69, 9.17) is 0 Å². The number of rotatable bonds is 6. The summed E-state index contributed by atoms with van der Waals surface area (Å²) in [5.74, 6) is -0.294. The van der Waals surface area contributed by atoms with E-state index in [-0.39, 0.29) is 18.1 Å². The number of carbonyl (C=O) groups is 2. The first-order chi connectivity index (χ1) is 15.5. The molecule has 3 rings (SSSR count). The number of amides is 3. The quantitative estimate of drug-likeness (QED) is 0.501. The maximum Gasteiger partial charge on any atom is 0.501 e. The molecule has 8 nitrogen and oxygen atoms in total. The molecule has 0 unspecified atom stereocenters. The van der Waals surface area contributed by atoms with Crippen LogP contribution in [0.5, 0.6) is 0 Å². The number of nitrogens with zero attached hydrogens (tertiary/aromatic N) is 1. The van der Waals surface area contributed by atoms with Crippen LogP contribution in [-0.2, 0) is 16.3 Å². The Hall–Kier alpha value is -3.67. The molecule has 174 valence electrons. The molecule has 0 aliphatic heterocycles. The van der Waals surface area contributed by atoms with Gasteiger partial charge in [-0.05, 0) is 47.7 Å². The van der Waals surface area contributed by atoms with E-state index in [9.17, 15) is 31.2 Å². The van der Waals surface area contributed by atoms with Crippen LogP contribution in [0, 0.1) is 0 Å². The summed E-state index contributed by atoms with van der Waals surface area (Å²) in [7, 11) is -4.00. The van der Waals surface area contributed by atoms with Crippen molar-refractivity contribution in [3.05, 3.63) is 66.0 Å². The van der Waals surface area contributed by atoms with Gasteiger partial charge in [-0.15, -0.1) is 0 Å². The standard InChI is InChI=1S/C21H19F3N4O4S/c1-25-19(29)18-10-14-6-5-13(9-15(14)12-27-18)7-8-26-20(30)28-16-3-2-4-17(11-16)33(31,32)21(22,23)24/h2-6,9-12H,7-8H2,1H3,(H,25,29)(H2,26,28,30). The van der Waals surface area contributed by atoms with E-state index < -0.39 is 26.3 Å². The molecule has 0 bridgehead atoms. The van der Waals surface area contributed by atoms with Gasteiger partial charge in [0.05, 0.1) is 4.90 Å². The van der Waals surface area contributed by atoms with Crippen LogP contribution in [0.4, 0.5) is 23.7 Å². The van der Waals surface area contributed by atoms with Crippen molar-refractivity contribution in [2.24, 2.45) is 0 Å². The molecule has 0 aliphatic carbocycles. The number of fused-ring (bicyclic) bond motifs is 1. The monoisotopic (exact) mass is 480 g/mol. The van der Waals surface area contributed by atoms with Gasteiger partial charge in [0.1, 0.15) is 5.69 Å². The molecule has 1 aromatic heterocycles. The second-order valence-corrected chi connectivity index (χ2v) is 8.88. The van der Waals surface area contributed by atoms with Crippen molar-refractivity contribution in [1.29, 1.82) is 0 Å². The molecule has 0 fully saturated rings. The summed E-state index contributed by atoms with van der Waals surface area (Å²) in [6, 6.07) is 10.4. The number of alkyl halides is 3. The first-order valence-electron chi connectivity index (χ1n) is 9.58. The molecule has 3 amide bonds. The van der Waals surface area contributed by atoms with Gasteiger partial charge in [-0.2, -0.15) is 13.2 Å². The highest BCUT2D eigenvalue weighted by Crippen LogP contribution is 2.31. The minimum atomic E-state index is -5.51. The predicted molar refractivity (Wildman–Crippen MR) is 116 cm³/mol. The van der Waals surface area contributed by atoms with Crippen molar-refractivity contribution < 1.29 is 31.2 Å². The highest BCUT2D eigenvalue weighted by atomic mass is 32.2. The van der Waals surface area contributed by atoms with E-state index >= 15 is 0 Å². The lowest BCUT2D eigenvalue weighted by atomic mass is 10.1.